The minimum absolute atomic E-state index is 0.114. The first-order valence-electron chi connectivity index (χ1n) is 7.11. The fourth-order valence-electron chi connectivity index (χ4n) is 2.40. The monoisotopic (exact) mass is 261 g/mol. The van der Waals surface area contributed by atoms with Crippen LogP contribution in [0.5, 0.6) is 0 Å². The maximum absolute atomic E-state index is 11.7. The quantitative estimate of drug-likeness (QED) is 0.779. The number of hydrogen-bond acceptors (Lipinski definition) is 4. The minimum Gasteiger partial charge on any atom is -0.354 e. The molecular formula is C15H23N3O. The second-order valence-electron chi connectivity index (χ2n) is 5.27. The van der Waals surface area contributed by atoms with Gasteiger partial charge in [0, 0.05) is 38.6 Å². The molecule has 0 amide bonds. The third-order valence-corrected chi connectivity index (χ3v) is 3.71. The molecule has 0 unspecified atom stereocenters. The van der Waals surface area contributed by atoms with E-state index in [4.69, 9.17) is 0 Å². The normalized spacial score (nSPS) is 16.9. The van der Waals surface area contributed by atoms with E-state index in [0.29, 0.717) is 18.2 Å². The van der Waals surface area contributed by atoms with E-state index in [9.17, 15) is 4.79 Å². The zero-order valence-corrected chi connectivity index (χ0v) is 12.1. The molecule has 0 radical (unpaired) electrons. The van der Waals surface area contributed by atoms with Gasteiger partial charge in [-0.15, -0.1) is 0 Å². The molecular weight excluding hydrogens is 238 g/mol. The molecule has 0 saturated carbocycles. The molecule has 19 heavy (non-hydrogen) atoms. The molecule has 0 aliphatic carbocycles. The van der Waals surface area contributed by atoms with Crippen molar-refractivity contribution in [3.05, 3.63) is 23.9 Å². The molecule has 2 rings (SSSR count). The molecule has 1 saturated heterocycles. The molecule has 0 N–H and O–H groups in total. The summed E-state index contributed by atoms with van der Waals surface area (Å²) in [5.41, 5.74) is 0.589. The van der Waals surface area contributed by atoms with E-state index in [-0.39, 0.29) is 5.78 Å². The van der Waals surface area contributed by atoms with Crippen molar-refractivity contribution in [2.75, 3.05) is 31.1 Å². The fraction of sp³-hybridized carbons (Fsp3) is 0.600. The van der Waals surface area contributed by atoms with E-state index in [1.54, 1.807) is 6.07 Å². The Bertz CT molecular complexity index is 437. The number of Topliss-reactive ketones (excluding diaryl/α,β-unsaturated/α-hetero) is 1. The number of pyridine rings is 1. The molecule has 104 valence electrons. The summed E-state index contributed by atoms with van der Waals surface area (Å²) in [5, 5.41) is 0. The standard InChI is InChI=1S/C15H23N3O/c1-4-14(19)13-6-5-7-15(16-13)18-10-8-17(9-11-18)12(2)3/h5-7,12H,4,8-11H2,1-3H3. The Morgan fingerprint density at radius 3 is 2.53 bits per heavy atom. The van der Waals surface area contributed by atoms with Crippen molar-refractivity contribution in [3.63, 3.8) is 0 Å². The summed E-state index contributed by atoms with van der Waals surface area (Å²) < 4.78 is 0. The maximum atomic E-state index is 11.7. The smallest absolute Gasteiger partial charge is 0.180 e. The van der Waals surface area contributed by atoms with E-state index >= 15 is 0 Å². The zero-order chi connectivity index (χ0) is 13.8. The van der Waals surface area contributed by atoms with Crippen LogP contribution in [0.1, 0.15) is 37.7 Å². The molecule has 1 aliphatic rings. The molecule has 2 heterocycles. The van der Waals surface area contributed by atoms with Gasteiger partial charge in [-0.05, 0) is 26.0 Å². The van der Waals surface area contributed by atoms with Crippen molar-refractivity contribution in [3.8, 4) is 0 Å². The van der Waals surface area contributed by atoms with E-state index in [1.807, 2.05) is 19.1 Å². The summed E-state index contributed by atoms with van der Waals surface area (Å²) in [5.74, 6) is 1.05. The molecule has 0 bridgehead atoms. The maximum Gasteiger partial charge on any atom is 0.180 e. The van der Waals surface area contributed by atoms with Crippen molar-refractivity contribution in [2.24, 2.45) is 0 Å². The van der Waals surface area contributed by atoms with Crippen LogP contribution in [0.2, 0.25) is 0 Å². The number of anilines is 1. The number of carbonyl (C=O) groups excluding carboxylic acids is 1. The van der Waals surface area contributed by atoms with E-state index in [2.05, 4.69) is 28.6 Å². The highest BCUT2D eigenvalue weighted by atomic mass is 16.1. The average Bonchev–Trinajstić information content (AvgIpc) is 2.46. The number of piperazine rings is 1. The molecule has 4 nitrogen and oxygen atoms in total. The Morgan fingerprint density at radius 1 is 1.26 bits per heavy atom. The van der Waals surface area contributed by atoms with Crippen LogP contribution in [0, 0.1) is 0 Å². The van der Waals surface area contributed by atoms with Crippen molar-refractivity contribution >= 4 is 11.6 Å². The summed E-state index contributed by atoms with van der Waals surface area (Å²) in [6.07, 6.45) is 0.511. The summed E-state index contributed by atoms with van der Waals surface area (Å²) in [6.45, 7) is 10.4. The minimum atomic E-state index is 0.114. The van der Waals surface area contributed by atoms with E-state index < -0.39 is 0 Å². The van der Waals surface area contributed by atoms with E-state index in [0.717, 1.165) is 32.0 Å². The van der Waals surface area contributed by atoms with Crippen molar-refractivity contribution < 1.29 is 4.79 Å². The number of ketones is 1. The number of rotatable bonds is 4. The highest BCUT2D eigenvalue weighted by Gasteiger charge is 2.20. The van der Waals surface area contributed by atoms with Gasteiger partial charge in [0.2, 0.25) is 0 Å². The number of nitrogens with zero attached hydrogens (tertiary/aromatic N) is 3. The lowest BCUT2D eigenvalue weighted by atomic mass is 10.2. The first-order chi connectivity index (χ1) is 9.11. The van der Waals surface area contributed by atoms with Crippen molar-refractivity contribution in [1.82, 2.24) is 9.88 Å². The van der Waals surface area contributed by atoms with Crippen molar-refractivity contribution in [2.45, 2.75) is 33.2 Å². The van der Waals surface area contributed by atoms with Gasteiger partial charge in [-0.25, -0.2) is 4.98 Å². The molecule has 0 spiro atoms. The van der Waals surface area contributed by atoms with Gasteiger partial charge < -0.3 is 4.90 Å². The topological polar surface area (TPSA) is 36.4 Å². The van der Waals surface area contributed by atoms with Gasteiger partial charge in [0.1, 0.15) is 11.5 Å². The van der Waals surface area contributed by atoms with Gasteiger partial charge in [0.25, 0.3) is 0 Å². The third kappa shape index (κ3) is 3.32. The van der Waals surface area contributed by atoms with Crippen molar-refractivity contribution in [1.29, 1.82) is 0 Å². The van der Waals surface area contributed by atoms with E-state index in [1.165, 1.54) is 0 Å². The highest BCUT2D eigenvalue weighted by Crippen LogP contribution is 2.16. The van der Waals surface area contributed by atoms with Crippen LogP contribution in [0.4, 0.5) is 5.82 Å². The second kappa shape index (κ2) is 6.15. The Labute approximate surface area is 115 Å². The molecule has 0 aromatic carbocycles. The van der Waals surface area contributed by atoms with Crippen LogP contribution in [0.3, 0.4) is 0 Å². The van der Waals surface area contributed by atoms with Crippen LogP contribution in [0.15, 0.2) is 18.2 Å². The Kier molecular flexibility index (Phi) is 4.53. The summed E-state index contributed by atoms with van der Waals surface area (Å²) in [4.78, 5) is 20.9. The Morgan fingerprint density at radius 2 is 1.95 bits per heavy atom. The van der Waals surface area contributed by atoms with Crippen LogP contribution in [0.25, 0.3) is 0 Å². The first kappa shape index (κ1) is 14.0. The van der Waals surface area contributed by atoms with Crippen LogP contribution < -0.4 is 4.90 Å². The molecule has 0 atom stereocenters. The van der Waals surface area contributed by atoms with Gasteiger partial charge >= 0.3 is 0 Å². The summed E-state index contributed by atoms with van der Waals surface area (Å²) in [6, 6.07) is 6.33. The van der Waals surface area contributed by atoms with Gasteiger partial charge in [0.05, 0.1) is 0 Å². The third-order valence-electron chi connectivity index (χ3n) is 3.71. The number of hydrogen-bond donors (Lipinski definition) is 0. The molecule has 4 heteroatoms. The van der Waals surface area contributed by atoms with Gasteiger partial charge in [0.15, 0.2) is 5.78 Å². The summed E-state index contributed by atoms with van der Waals surface area (Å²) >= 11 is 0. The molecule has 1 aliphatic heterocycles. The molecule has 1 aromatic rings. The Balaban J connectivity index is 2.05. The Hall–Kier alpha value is -1.42. The number of aromatic nitrogens is 1. The van der Waals surface area contributed by atoms with Gasteiger partial charge in [-0.1, -0.05) is 13.0 Å². The van der Waals surface area contributed by atoms with Crippen LogP contribution >= 0.6 is 0 Å². The average molecular weight is 261 g/mol. The first-order valence-corrected chi connectivity index (χ1v) is 7.11. The lowest BCUT2D eigenvalue weighted by Crippen LogP contribution is -2.49. The highest BCUT2D eigenvalue weighted by molar-refractivity contribution is 5.94. The van der Waals surface area contributed by atoms with Crippen LogP contribution in [-0.2, 0) is 0 Å². The predicted octanol–water partition coefficient (Wildman–Crippen LogP) is 2.20. The van der Waals surface area contributed by atoms with Gasteiger partial charge in [-0.2, -0.15) is 0 Å². The predicted molar refractivity (Wildman–Crippen MR) is 77.8 cm³/mol. The van der Waals surface area contributed by atoms with Crippen LogP contribution in [-0.4, -0.2) is 47.9 Å². The summed E-state index contributed by atoms with van der Waals surface area (Å²) in [7, 11) is 0. The second-order valence-corrected chi connectivity index (χ2v) is 5.27. The zero-order valence-electron chi connectivity index (χ0n) is 12.1. The number of carbonyl (C=O) groups is 1. The largest absolute Gasteiger partial charge is 0.354 e. The molecule has 1 aromatic heterocycles. The molecule has 1 fully saturated rings. The fourth-order valence-corrected chi connectivity index (χ4v) is 2.40. The lowest BCUT2D eigenvalue weighted by Gasteiger charge is -2.37. The van der Waals surface area contributed by atoms with Gasteiger partial charge in [-0.3, -0.25) is 9.69 Å². The lowest BCUT2D eigenvalue weighted by molar-refractivity contribution is 0.0983. The SMILES string of the molecule is CCC(=O)c1cccc(N2CCN(C(C)C)CC2)n1.